The maximum atomic E-state index is 12.7. The SMILES string of the molecule is COc1ccc(Br)c(OC)c1C(=O)PC1CCCCC1.[LiH]. The van der Waals surface area contributed by atoms with E-state index in [1.807, 2.05) is 12.1 Å². The van der Waals surface area contributed by atoms with E-state index in [0.717, 1.165) is 4.47 Å². The van der Waals surface area contributed by atoms with Crippen LogP contribution in [-0.2, 0) is 0 Å². The van der Waals surface area contributed by atoms with Crippen molar-refractivity contribution >= 4 is 48.9 Å². The van der Waals surface area contributed by atoms with E-state index in [1.165, 1.54) is 32.1 Å². The van der Waals surface area contributed by atoms with Crippen LogP contribution >= 0.6 is 24.5 Å². The summed E-state index contributed by atoms with van der Waals surface area (Å²) < 4.78 is 11.5. The van der Waals surface area contributed by atoms with Gasteiger partial charge in [0.25, 0.3) is 0 Å². The summed E-state index contributed by atoms with van der Waals surface area (Å²) in [5.41, 5.74) is 1.25. The van der Waals surface area contributed by atoms with Crippen molar-refractivity contribution in [1.29, 1.82) is 0 Å². The number of carbonyl (C=O) groups excluding carboxylic acids is 1. The Morgan fingerprint density at radius 2 is 1.86 bits per heavy atom. The average molecular weight is 367 g/mol. The third-order valence-corrected chi connectivity index (χ3v) is 5.79. The van der Waals surface area contributed by atoms with Crippen LogP contribution in [0.2, 0.25) is 0 Å². The van der Waals surface area contributed by atoms with E-state index in [2.05, 4.69) is 15.9 Å². The molecule has 3 nitrogen and oxygen atoms in total. The Balaban J connectivity index is 0.00000220. The first kappa shape index (κ1) is 19.0. The summed E-state index contributed by atoms with van der Waals surface area (Å²) in [7, 11) is 3.48. The van der Waals surface area contributed by atoms with Gasteiger partial charge >= 0.3 is 18.9 Å². The number of halogens is 1. The fraction of sp³-hybridized carbons (Fsp3) is 0.533. The Morgan fingerprint density at radius 3 is 2.43 bits per heavy atom. The van der Waals surface area contributed by atoms with Gasteiger partial charge < -0.3 is 9.47 Å². The summed E-state index contributed by atoms with van der Waals surface area (Å²) in [6, 6.07) is 3.66. The second-order valence-corrected chi connectivity index (χ2v) is 7.38. The van der Waals surface area contributed by atoms with Crippen molar-refractivity contribution in [2.24, 2.45) is 0 Å². The summed E-state index contributed by atoms with van der Waals surface area (Å²) >= 11 is 3.43. The van der Waals surface area contributed by atoms with Gasteiger partial charge in [-0.2, -0.15) is 0 Å². The number of benzene rings is 1. The molecule has 1 aliphatic carbocycles. The van der Waals surface area contributed by atoms with Crippen molar-refractivity contribution in [2.75, 3.05) is 14.2 Å². The number of hydrogen-bond acceptors (Lipinski definition) is 3. The molecule has 1 saturated carbocycles. The standard InChI is InChI=1S/C15H20BrO3P.Li.H/c1-18-12-9-8-11(16)14(19-2)13(12)15(17)20-10-6-4-3-5-7-10;;/h8-10,20H,3-7H2,1-2H3;;. The van der Waals surface area contributed by atoms with Gasteiger partial charge in [-0.1, -0.05) is 19.3 Å². The first-order valence-corrected chi connectivity index (χ1v) is 8.75. The monoisotopic (exact) mass is 366 g/mol. The Bertz CT molecular complexity index is 490. The van der Waals surface area contributed by atoms with Gasteiger partial charge in [0.2, 0.25) is 0 Å². The summed E-state index contributed by atoms with van der Waals surface area (Å²) in [6.45, 7) is 0. The third-order valence-electron chi connectivity index (χ3n) is 3.66. The van der Waals surface area contributed by atoms with Crippen LogP contribution in [-0.4, -0.2) is 44.3 Å². The second-order valence-electron chi connectivity index (χ2n) is 4.97. The van der Waals surface area contributed by atoms with Crippen LogP contribution in [0.4, 0.5) is 0 Å². The summed E-state index contributed by atoms with van der Waals surface area (Å²) in [4.78, 5) is 12.7. The third kappa shape index (κ3) is 4.73. The van der Waals surface area contributed by atoms with Gasteiger partial charge in [-0.05, 0) is 55.1 Å². The molecule has 1 aromatic rings. The zero-order valence-electron chi connectivity index (χ0n) is 11.9. The molecule has 1 unspecified atom stereocenters. The van der Waals surface area contributed by atoms with Gasteiger partial charge in [-0.3, -0.25) is 4.79 Å². The molecule has 0 amide bonds. The molecule has 112 valence electrons. The molecule has 1 aliphatic rings. The van der Waals surface area contributed by atoms with E-state index < -0.39 is 0 Å². The topological polar surface area (TPSA) is 35.5 Å². The first-order valence-electron chi connectivity index (χ1n) is 6.88. The van der Waals surface area contributed by atoms with E-state index in [1.54, 1.807) is 14.2 Å². The molecule has 0 bridgehead atoms. The summed E-state index contributed by atoms with van der Waals surface area (Å²) in [6.07, 6.45) is 6.14. The van der Waals surface area contributed by atoms with Gasteiger partial charge in [0.15, 0.2) is 5.52 Å². The zero-order chi connectivity index (χ0) is 14.5. The Labute approximate surface area is 148 Å². The van der Waals surface area contributed by atoms with E-state index in [9.17, 15) is 4.79 Å². The van der Waals surface area contributed by atoms with Crippen molar-refractivity contribution in [2.45, 2.75) is 37.8 Å². The van der Waals surface area contributed by atoms with Crippen LogP contribution in [0.1, 0.15) is 42.5 Å². The van der Waals surface area contributed by atoms with Crippen molar-refractivity contribution < 1.29 is 14.3 Å². The predicted molar refractivity (Wildman–Crippen MR) is 93.9 cm³/mol. The van der Waals surface area contributed by atoms with Crippen LogP contribution in [0.25, 0.3) is 0 Å². The molecule has 0 aromatic heterocycles. The molecule has 0 saturated heterocycles. The molecule has 0 aliphatic heterocycles. The van der Waals surface area contributed by atoms with Crippen LogP contribution < -0.4 is 9.47 Å². The van der Waals surface area contributed by atoms with Crippen molar-refractivity contribution in [1.82, 2.24) is 0 Å². The Hall–Kier alpha value is -0.00260. The molecule has 2 rings (SSSR count). The normalized spacial score (nSPS) is 15.8. The number of hydrogen-bond donors (Lipinski definition) is 0. The molecular formula is C15H21BrLiO3P. The molecular weight excluding hydrogens is 346 g/mol. The minimum absolute atomic E-state index is 0. The van der Waals surface area contributed by atoms with Gasteiger partial charge in [0, 0.05) is 0 Å². The Kier molecular flexibility index (Phi) is 8.35. The van der Waals surface area contributed by atoms with E-state index in [4.69, 9.17) is 9.47 Å². The van der Waals surface area contributed by atoms with Crippen molar-refractivity contribution in [3.63, 3.8) is 0 Å². The van der Waals surface area contributed by atoms with Gasteiger partial charge in [0.1, 0.15) is 17.1 Å². The van der Waals surface area contributed by atoms with Gasteiger partial charge in [-0.15, -0.1) is 0 Å². The molecule has 0 heterocycles. The van der Waals surface area contributed by atoms with Crippen LogP contribution in [0.5, 0.6) is 11.5 Å². The average Bonchev–Trinajstić information content (AvgIpc) is 2.47. The molecule has 1 atom stereocenters. The first-order chi connectivity index (χ1) is 9.67. The van der Waals surface area contributed by atoms with Crippen molar-refractivity contribution in [3.05, 3.63) is 22.2 Å². The molecule has 6 heteroatoms. The number of carbonyl (C=O) groups is 1. The second kappa shape index (κ2) is 9.21. The van der Waals surface area contributed by atoms with Crippen molar-refractivity contribution in [3.8, 4) is 11.5 Å². The molecule has 0 spiro atoms. The van der Waals surface area contributed by atoms with Gasteiger partial charge in [0.05, 0.1) is 18.7 Å². The fourth-order valence-corrected chi connectivity index (χ4v) is 4.57. The van der Waals surface area contributed by atoms with Gasteiger partial charge in [-0.25, -0.2) is 0 Å². The molecule has 0 radical (unpaired) electrons. The fourth-order valence-electron chi connectivity index (χ4n) is 2.63. The summed E-state index contributed by atoms with van der Waals surface area (Å²) in [5.74, 6) is 1.18. The van der Waals surface area contributed by atoms with Crippen LogP contribution in [0.15, 0.2) is 16.6 Å². The minimum atomic E-state index is 0. The zero-order valence-corrected chi connectivity index (χ0v) is 14.5. The van der Waals surface area contributed by atoms with E-state index in [-0.39, 0.29) is 24.4 Å². The van der Waals surface area contributed by atoms with E-state index >= 15 is 0 Å². The molecule has 0 N–H and O–H groups in total. The van der Waals surface area contributed by atoms with Crippen LogP contribution in [0, 0.1) is 0 Å². The number of ether oxygens (including phenoxy) is 2. The quantitative estimate of drug-likeness (QED) is 0.584. The predicted octanol–water partition coefficient (Wildman–Crippen LogP) is 3.97. The number of rotatable bonds is 5. The number of methoxy groups -OCH3 is 2. The molecule has 1 fully saturated rings. The van der Waals surface area contributed by atoms with E-state index in [0.29, 0.717) is 31.3 Å². The van der Waals surface area contributed by atoms with Crippen LogP contribution in [0.3, 0.4) is 0 Å². The summed E-state index contributed by atoms with van der Waals surface area (Å²) in [5, 5.41) is 0. The maximum absolute atomic E-state index is 12.7. The molecule has 1 aromatic carbocycles. The molecule has 21 heavy (non-hydrogen) atoms. The Morgan fingerprint density at radius 1 is 1.19 bits per heavy atom.